The van der Waals surface area contributed by atoms with Crippen LogP contribution in [0.15, 0.2) is 47.6 Å². The van der Waals surface area contributed by atoms with Crippen LogP contribution in [0, 0.1) is 0 Å². The fourth-order valence-electron chi connectivity index (χ4n) is 2.38. The van der Waals surface area contributed by atoms with Crippen LogP contribution in [0.1, 0.15) is 20.8 Å². The summed E-state index contributed by atoms with van der Waals surface area (Å²) in [5.74, 6) is -0.805. The van der Waals surface area contributed by atoms with Crippen molar-refractivity contribution in [2.24, 2.45) is 0 Å². The number of amides is 1. The Morgan fingerprint density at radius 2 is 1.70 bits per heavy atom. The first-order valence-electron chi connectivity index (χ1n) is 9.19. The Hall–Kier alpha value is -3.05. The van der Waals surface area contributed by atoms with Gasteiger partial charge in [-0.3, -0.25) is 9.59 Å². The summed E-state index contributed by atoms with van der Waals surface area (Å²) in [5.41, 5.74) is 0.376. The number of anilines is 2. The maximum absolute atomic E-state index is 12.3. The molecule has 162 valence electrons. The topological polar surface area (TPSA) is 131 Å². The molecule has 0 fully saturated rings. The van der Waals surface area contributed by atoms with Gasteiger partial charge in [0.25, 0.3) is 5.91 Å². The number of ether oxygens (including phenoxy) is 1. The van der Waals surface area contributed by atoms with Crippen LogP contribution in [0.2, 0.25) is 0 Å². The van der Waals surface area contributed by atoms with E-state index in [1.54, 1.807) is 39.4 Å². The summed E-state index contributed by atoms with van der Waals surface area (Å²) >= 11 is 0. The van der Waals surface area contributed by atoms with Crippen LogP contribution in [0.4, 0.5) is 11.6 Å². The molecular formula is C19H25N5O5S. The average Bonchev–Trinajstić information content (AvgIpc) is 2.68. The van der Waals surface area contributed by atoms with Crippen LogP contribution < -0.4 is 14.9 Å². The third-order valence-corrected chi connectivity index (χ3v) is 5.43. The van der Waals surface area contributed by atoms with Crippen molar-refractivity contribution in [1.82, 2.24) is 14.7 Å². The number of rotatable bonds is 9. The normalized spacial score (nSPS) is 12.3. The first-order valence-corrected chi connectivity index (χ1v) is 10.7. The zero-order valence-corrected chi connectivity index (χ0v) is 18.0. The van der Waals surface area contributed by atoms with Crippen molar-refractivity contribution in [2.45, 2.75) is 37.8 Å². The number of aromatic nitrogens is 2. The highest BCUT2D eigenvalue weighted by Gasteiger charge is 2.20. The quantitative estimate of drug-likeness (QED) is 0.561. The van der Waals surface area contributed by atoms with E-state index in [4.69, 9.17) is 4.74 Å². The van der Waals surface area contributed by atoms with E-state index in [2.05, 4.69) is 20.0 Å². The van der Waals surface area contributed by atoms with E-state index < -0.39 is 28.0 Å². The Bertz CT molecular complexity index is 965. The van der Waals surface area contributed by atoms with Crippen LogP contribution in [-0.2, 0) is 24.3 Å². The maximum Gasteiger partial charge on any atom is 0.326 e. The molecule has 0 spiro atoms. The van der Waals surface area contributed by atoms with Gasteiger partial charge in [-0.2, -0.15) is 0 Å². The van der Waals surface area contributed by atoms with E-state index in [0.717, 1.165) is 0 Å². The molecule has 0 radical (unpaired) electrons. The van der Waals surface area contributed by atoms with Gasteiger partial charge in [-0.15, -0.1) is 0 Å². The lowest BCUT2D eigenvalue weighted by atomic mass is 10.3. The second-order valence-corrected chi connectivity index (χ2v) is 8.54. The van der Waals surface area contributed by atoms with Crippen LogP contribution in [0.3, 0.4) is 0 Å². The predicted octanol–water partition coefficient (Wildman–Crippen LogP) is 1.17. The number of carbonyl (C=O) groups excluding carboxylic acids is 2. The van der Waals surface area contributed by atoms with Crippen LogP contribution in [0.25, 0.3) is 0 Å². The van der Waals surface area contributed by atoms with Gasteiger partial charge in [0.2, 0.25) is 16.0 Å². The van der Waals surface area contributed by atoms with Crippen molar-refractivity contribution in [3.05, 3.63) is 42.7 Å². The summed E-state index contributed by atoms with van der Waals surface area (Å²) in [7, 11) is -1.99. The summed E-state index contributed by atoms with van der Waals surface area (Å²) in [4.78, 5) is 34.0. The van der Waals surface area contributed by atoms with Crippen molar-refractivity contribution in [3.8, 4) is 0 Å². The highest BCUT2D eigenvalue weighted by Crippen LogP contribution is 2.15. The molecule has 0 aliphatic rings. The summed E-state index contributed by atoms with van der Waals surface area (Å²) < 4.78 is 31.9. The number of benzene rings is 1. The fourth-order valence-corrected chi connectivity index (χ4v) is 3.63. The molecule has 11 heteroatoms. The number of esters is 1. The van der Waals surface area contributed by atoms with E-state index in [-0.39, 0.29) is 17.5 Å². The van der Waals surface area contributed by atoms with Gasteiger partial charge in [0.1, 0.15) is 6.54 Å². The summed E-state index contributed by atoms with van der Waals surface area (Å²) in [6.45, 7) is 4.76. The number of nitrogens with one attached hydrogen (secondary N) is 2. The molecule has 1 unspecified atom stereocenters. The van der Waals surface area contributed by atoms with Gasteiger partial charge in [0.05, 0.1) is 4.90 Å². The molecule has 2 N–H and O–H groups in total. The van der Waals surface area contributed by atoms with Gasteiger partial charge in [-0.05, 0) is 51.1 Å². The monoisotopic (exact) mass is 435 g/mol. The molecule has 2 rings (SSSR count). The molecule has 0 aliphatic heterocycles. The largest absolute Gasteiger partial charge is 0.451 e. The predicted molar refractivity (Wildman–Crippen MR) is 111 cm³/mol. The molecule has 1 heterocycles. The summed E-state index contributed by atoms with van der Waals surface area (Å²) in [6, 6.07) is 7.10. The Labute approximate surface area is 175 Å². The molecule has 0 aliphatic carbocycles. The minimum Gasteiger partial charge on any atom is -0.451 e. The molecule has 0 bridgehead atoms. The van der Waals surface area contributed by atoms with Crippen molar-refractivity contribution < 1.29 is 22.7 Å². The average molecular weight is 436 g/mol. The molecule has 0 saturated carbocycles. The molecule has 1 aromatic carbocycles. The van der Waals surface area contributed by atoms with Crippen molar-refractivity contribution in [2.75, 3.05) is 23.8 Å². The summed E-state index contributed by atoms with van der Waals surface area (Å²) in [6.07, 6.45) is 2.05. The van der Waals surface area contributed by atoms with Gasteiger partial charge in [0, 0.05) is 31.2 Å². The molecule has 1 atom stereocenters. The maximum atomic E-state index is 12.3. The Morgan fingerprint density at radius 3 is 2.27 bits per heavy atom. The van der Waals surface area contributed by atoms with E-state index in [1.165, 1.54) is 36.1 Å². The van der Waals surface area contributed by atoms with E-state index in [0.29, 0.717) is 11.6 Å². The van der Waals surface area contributed by atoms with Gasteiger partial charge >= 0.3 is 5.97 Å². The van der Waals surface area contributed by atoms with Gasteiger partial charge in [-0.25, -0.2) is 23.1 Å². The fraction of sp³-hybridized carbons (Fsp3) is 0.368. The van der Waals surface area contributed by atoms with Crippen LogP contribution in [-0.4, -0.2) is 56.0 Å². The lowest BCUT2D eigenvalue weighted by Gasteiger charge is -2.18. The molecule has 1 aromatic heterocycles. The van der Waals surface area contributed by atoms with Crippen molar-refractivity contribution in [1.29, 1.82) is 0 Å². The highest BCUT2D eigenvalue weighted by molar-refractivity contribution is 7.89. The van der Waals surface area contributed by atoms with Crippen molar-refractivity contribution >= 4 is 33.5 Å². The zero-order valence-electron chi connectivity index (χ0n) is 17.2. The molecule has 30 heavy (non-hydrogen) atoms. The molecule has 0 saturated heterocycles. The molecule has 2 aromatic rings. The lowest BCUT2D eigenvalue weighted by Crippen LogP contribution is -2.35. The Morgan fingerprint density at radius 1 is 1.10 bits per heavy atom. The number of hydrogen-bond donors (Lipinski definition) is 2. The Kier molecular flexibility index (Phi) is 7.84. The number of sulfonamides is 1. The van der Waals surface area contributed by atoms with Gasteiger partial charge < -0.3 is 15.0 Å². The first kappa shape index (κ1) is 23.2. The Balaban J connectivity index is 1.90. The molecule has 1 amide bonds. The highest BCUT2D eigenvalue weighted by atomic mass is 32.2. The van der Waals surface area contributed by atoms with E-state index in [9.17, 15) is 18.0 Å². The second kappa shape index (κ2) is 10.1. The van der Waals surface area contributed by atoms with Gasteiger partial charge in [-0.1, -0.05) is 0 Å². The van der Waals surface area contributed by atoms with Crippen molar-refractivity contribution in [3.63, 3.8) is 0 Å². The SMILES string of the molecule is CC(C)NS(=O)(=O)c1ccc(NC(=O)C(C)OC(=O)CN(C)c2ncccn2)cc1. The van der Waals surface area contributed by atoms with E-state index >= 15 is 0 Å². The second-order valence-electron chi connectivity index (χ2n) is 6.83. The minimum absolute atomic E-state index is 0.0832. The summed E-state index contributed by atoms with van der Waals surface area (Å²) in [5, 5.41) is 2.58. The number of nitrogens with zero attached hydrogens (tertiary/aromatic N) is 3. The first-order chi connectivity index (χ1) is 14.1. The van der Waals surface area contributed by atoms with Crippen LogP contribution >= 0.6 is 0 Å². The molecular weight excluding hydrogens is 410 g/mol. The smallest absolute Gasteiger partial charge is 0.326 e. The standard InChI is InChI=1S/C19H25N5O5S/c1-13(2)23-30(27,28)16-8-6-15(7-9-16)22-18(26)14(3)29-17(25)12-24(4)19-20-10-5-11-21-19/h5-11,13-14,23H,12H2,1-4H3,(H,22,26). The van der Waals surface area contributed by atoms with E-state index in [1.807, 2.05) is 0 Å². The lowest BCUT2D eigenvalue weighted by molar-refractivity contribution is -0.151. The number of hydrogen-bond acceptors (Lipinski definition) is 8. The molecule has 10 nitrogen and oxygen atoms in total. The number of likely N-dealkylation sites (N-methyl/N-ethyl adjacent to an activating group) is 1. The third kappa shape index (κ3) is 6.78. The van der Waals surface area contributed by atoms with Crippen LogP contribution in [0.5, 0.6) is 0 Å². The zero-order chi connectivity index (χ0) is 22.3. The minimum atomic E-state index is -3.62. The third-order valence-electron chi connectivity index (χ3n) is 3.76. The number of carbonyl (C=O) groups is 2. The van der Waals surface area contributed by atoms with Gasteiger partial charge in [0.15, 0.2) is 6.10 Å².